The highest BCUT2D eigenvalue weighted by molar-refractivity contribution is 6.31. The first kappa shape index (κ1) is 28.2. The van der Waals surface area contributed by atoms with E-state index in [0.29, 0.717) is 0 Å². The Balaban J connectivity index is 1.95. The molecule has 2 heterocycles. The molecule has 8 nitrogen and oxygen atoms in total. The summed E-state index contributed by atoms with van der Waals surface area (Å²) in [7, 11) is 4.47. The molecule has 3 rings (SSSR count). The minimum Gasteiger partial charge on any atom is -0.347 e. The second-order valence-corrected chi connectivity index (χ2v) is 9.36. The third-order valence-electron chi connectivity index (χ3n) is 6.05. The Labute approximate surface area is 216 Å². The number of hydrogen-bond donors (Lipinski definition) is 1. The van der Waals surface area contributed by atoms with Crippen LogP contribution in [-0.4, -0.2) is 67.9 Å². The quantitative estimate of drug-likeness (QED) is 0.565. The largest absolute Gasteiger partial charge is 0.416 e. The fourth-order valence-electron chi connectivity index (χ4n) is 3.98. The Morgan fingerprint density at radius 3 is 2.43 bits per heavy atom. The van der Waals surface area contributed by atoms with Crippen molar-refractivity contribution in [3.05, 3.63) is 52.4 Å². The van der Waals surface area contributed by atoms with Gasteiger partial charge in [-0.3, -0.25) is 14.4 Å². The number of anilines is 2. The molecule has 1 saturated heterocycles. The highest BCUT2D eigenvalue weighted by Gasteiger charge is 2.43. The van der Waals surface area contributed by atoms with Crippen LogP contribution in [0.15, 0.2) is 30.3 Å². The molecule has 0 aliphatic carbocycles. The van der Waals surface area contributed by atoms with Crippen molar-refractivity contribution in [2.24, 2.45) is 5.92 Å². The normalized spacial score (nSPS) is 17.5. The maximum Gasteiger partial charge on any atom is 0.416 e. The summed E-state index contributed by atoms with van der Waals surface area (Å²) in [6, 6.07) is 4.33. The van der Waals surface area contributed by atoms with Crippen LogP contribution in [0.5, 0.6) is 0 Å². The third-order valence-corrected chi connectivity index (χ3v) is 6.34. The number of amides is 3. The minimum atomic E-state index is -4.65. The number of likely N-dealkylation sites (N-methyl/N-ethyl adjacent to an activating group) is 2. The summed E-state index contributed by atoms with van der Waals surface area (Å²) < 4.78 is 54.1. The Morgan fingerprint density at radius 2 is 1.84 bits per heavy atom. The molecule has 0 unspecified atom stereocenters. The molecule has 0 radical (unpaired) electrons. The predicted octanol–water partition coefficient (Wildman–Crippen LogP) is 3.26. The molecule has 1 aliphatic rings. The monoisotopic (exact) mass is 543 g/mol. The lowest BCUT2D eigenvalue weighted by Gasteiger charge is -2.29. The molecule has 200 valence electrons. The molecule has 0 spiro atoms. The number of nitrogens with one attached hydrogen (secondary N) is 1. The third kappa shape index (κ3) is 6.48. The van der Waals surface area contributed by atoms with Crippen molar-refractivity contribution in [2.45, 2.75) is 25.6 Å². The van der Waals surface area contributed by atoms with Gasteiger partial charge in [0.05, 0.1) is 23.0 Å². The number of rotatable bonds is 6. The number of pyridine rings is 1. The van der Waals surface area contributed by atoms with Crippen molar-refractivity contribution >= 4 is 40.8 Å². The van der Waals surface area contributed by atoms with Gasteiger partial charge in [0.1, 0.15) is 17.7 Å². The number of alkyl halides is 3. The number of benzene rings is 1. The number of carbonyl (C=O) groups is 3. The molecule has 13 heteroatoms. The molecule has 37 heavy (non-hydrogen) atoms. The summed E-state index contributed by atoms with van der Waals surface area (Å²) in [4.78, 5) is 46.3. The smallest absolute Gasteiger partial charge is 0.347 e. The molecule has 0 bridgehead atoms. The summed E-state index contributed by atoms with van der Waals surface area (Å²) in [6.07, 6.45) is -4.69. The van der Waals surface area contributed by atoms with E-state index in [2.05, 4.69) is 10.3 Å². The van der Waals surface area contributed by atoms with E-state index in [-0.39, 0.29) is 47.6 Å². The Kier molecular flexibility index (Phi) is 8.31. The maximum absolute atomic E-state index is 13.6. The van der Waals surface area contributed by atoms with Crippen LogP contribution in [0.3, 0.4) is 0 Å². The summed E-state index contributed by atoms with van der Waals surface area (Å²) in [6.45, 7) is 1.02. The summed E-state index contributed by atoms with van der Waals surface area (Å²) in [5, 5.41) is 2.31. The van der Waals surface area contributed by atoms with Gasteiger partial charge < -0.3 is 20.0 Å². The second-order valence-electron chi connectivity index (χ2n) is 8.96. The summed E-state index contributed by atoms with van der Waals surface area (Å²) in [5.74, 6) is -3.03. The van der Waals surface area contributed by atoms with E-state index in [1.54, 1.807) is 0 Å². The number of aryl methyl sites for hydroxylation is 1. The zero-order chi connectivity index (χ0) is 27.7. The lowest BCUT2D eigenvalue weighted by Crippen LogP contribution is -2.44. The van der Waals surface area contributed by atoms with Crippen molar-refractivity contribution in [3.8, 4) is 0 Å². The Bertz CT molecular complexity index is 1210. The lowest BCUT2D eigenvalue weighted by atomic mass is 10.0. The van der Waals surface area contributed by atoms with Crippen molar-refractivity contribution in [1.29, 1.82) is 0 Å². The van der Waals surface area contributed by atoms with Gasteiger partial charge in [0.15, 0.2) is 0 Å². The first-order valence-corrected chi connectivity index (χ1v) is 11.6. The van der Waals surface area contributed by atoms with E-state index >= 15 is 0 Å². The van der Waals surface area contributed by atoms with E-state index in [9.17, 15) is 31.9 Å². The standard InChI is InChI=1S/C24H26ClF4N5O3/c1-13-7-15(24(27,28)29)9-20(31-13)34-12-14(22(36)30-11-21(35)32(2)3)8-19(34)23(37)33(4)16-5-6-18(26)17(25)10-16/h5-7,9-10,14,19H,8,11-12H2,1-4H3,(H,30,36)/t14-,19-/m0/s1. The lowest BCUT2D eigenvalue weighted by molar-refractivity contribution is -0.137. The van der Waals surface area contributed by atoms with Crippen molar-refractivity contribution in [1.82, 2.24) is 15.2 Å². The van der Waals surface area contributed by atoms with Crippen LogP contribution in [-0.2, 0) is 20.6 Å². The molecule has 3 amide bonds. The van der Waals surface area contributed by atoms with Crippen LogP contribution in [0.2, 0.25) is 5.02 Å². The molecule has 1 aromatic heterocycles. The molecule has 1 fully saturated rings. The highest BCUT2D eigenvalue weighted by Crippen LogP contribution is 2.35. The molecule has 1 aliphatic heterocycles. The van der Waals surface area contributed by atoms with Crippen molar-refractivity contribution in [3.63, 3.8) is 0 Å². The molecule has 0 saturated carbocycles. The Morgan fingerprint density at radius 1 is 1.16 bits per heavy atom. The van der Waals surface area contributed by atoms with Crippen LogP contribution in [0.25, 0.3) is 0 Å². The number of nitrogens with zero attached hydrogens (tertiary/aromatic N) is 4. The van der Waals surface area contributed by atoms with Crippen LogP contribution in [0, 0.1) is 18.7 Å². The van der Waals surface area contributed by atoms with Crippen molar-refractivity contribution < 1.29 is 31.9 Å². The van der Waals surface area contributed by atoms with Gasteiger partial charge in [0, 0.05) is 39.1 Å². The van der Waals surface area contributed by atoms with E-state index in [1.165, 1.54) is 54.9 Å². The first-order chi connectivity index (χ1) is 17.2. The Hall–Kier alpha value is -3.41. The van der Waals surface area contributed by atoms with Gasteiger partial charge in [0.2, 0.25) is 17.7 Å². The van der Waals surface area contributed by atoms with Crippen LogP contribution >= 0.6 is 11.6 Å². The van der Waals surface area contributed by atoms with Gasteiger partial charge >= 0.3 is 6.18 Å². The van der Waals surface area contributed by atoms with Gasteiger partial charge in [-0.05, 0) is 43.7 Å². The van der Waals surface area contributed by atoms with Gasteiger partial charge in [-0.25, -0.2) is 9.37 Å². The average Bonchev–Trinajstić information content (AvgIpc) is 3.27. The van der Waals surface area contributed by atoms with Crippen molar-refractivity contribution in [2.75, 3.05) is 44.0 Å². The zero-order valence-corrected chi connectivity index (χ0v) is 21.3. The fourth-order valence-corrected chi connectivity index (χ4v) is 4.16. The predicted molar refractivity (Wildman–Crippen MR) is 130 cm³/mol. The SMILES string of the molecule is Cc1cc(C(F)(F)F)cc(N2C[C@@H](C(=O)NCC(=O)N(C)C)C[C@H]2C(=O)N(C)c2ccc(F)c(Cl)c2)n1. The minimum absolute atomic E-state index is 0.0446. The summed E-state index contributed by atoms with van der Waals surface area (Å²) >= 11 is 5.85. The molecule has 2 atom stereocenters. The average molecular weight is 544 g/mol. The fraction of sp³-hybridized carbons (Fsp3) is 0.417. The maximum atomic E-state index is 13.6. The molecule has 1 aromatic carbocycles. The molecule has 2 aromatic rings. The topological polar surface area (TPSA) is 85.8 Å². The van der Waals surface area contributed by atoms with Gasteiger partial charge in [-0.15, -0.1) is 0 Å². The number of halogens is 5. The highest BCUT2D eigenvalue weighted by atomic mass is 35.5. The van der Waals surface area contributed by atoms with E-state index in [0.717, 1.165) is 18.2 Å². The van der Waals surface area contributed by atoms with Gasteiger partial charge in [-0.2, -0.15) is 13.2 Å². The first-order valence-electron chi connectivity index (χ1n) is 11.2. The number of hydrogen-bond acceptors (Lipinski definition) is 5. The molecular formula is C24H26ClF4N5O3. The van der Waals surface area contributed by atoms with E-state index in [4.69, 9.17) is 11.6 Å². The number of carbonyl (C=O) groups excluding carboxylic acids is 3. The number of aromatic nitrogens is 1. The van der Waals surface area contributed by atoms with Crippen LogP contribution < -0.4 is 15.1 Å². The van der Waals surface area contributed by atoms with Crippen LogP contribution in [0.1, 0.15) is 17.7 Å². The zero-order valence-electron chi connectivity index (χ0n) is 20.6. The molecular weight excluding hydrogens is 518 g/mol. The van der Waals surface area contributed by atoms with E-state index < -0.39 is 41.3 Å². The summed E-state index contributed by atoms with van der Waals surface area (Å²) in [5.41, 5.74) is -0.599. The van der Waals surface area contributed by atoms with Gasteiger partial charge in [0.25, 0.3) is 0 Å². The van der Waals surface area contributed by atoms with Crippen LogP contribution in [0.4, 0.5) is 29.1 Å². The van der Waals surface area contributed by atoms with Gasteiger partial charge in [-0.1, -0.05) is 11.6 Å². The second kappa shape index (κ2) is 10.9. The molecule has 1 N–H and O–H groups in total. The van der Waals surface area contributed by atoms with E-state index in [1.807, 2.05) is 0 Å².